The lowest BCUT2D eigenvalue weighted by Gasteiger charge is -2.33. The van der Waals surface area contributed by atoms with E-state index in [-0.39, 0.29) is 0 Å². The minimum absolute atomic E-state index is 0.633. The van der Waals surface area contributed by atoms with Gasteiger partial charge >= 0.3 is 0 Å². The molecule has 1 aromatic carbocycles. The van der Waals surface area contributed by atoms with E-state index in [1.807, 2.05) is 29.2 Å². The van der Waals surface area contributed by atoms with Crippen LogP contribution in [0.4, 0.5) is 0 Å². The first-order chi connectivity index (χ1) is 15.5. The number of para-hydroxylation sites is 1. The highest BCUT2D eigenvalue weighted by molar-refractivity contribution is 5.83. The Hall–Kier alpha value is -2.49. The number of nitrogens with zero attached hydrogens (tertiary/aromatic N) is 5. The molecule has 2 aromatic rings. The molecule has 0 spiro atoms. The summed E-state index contributed by atoms with van der Waals surface area (Å²) < 4.78 is 0. The Bertz CT molecular complexity index is 849. The van der Waals surface area contributed by atoms with Crippen LogP contribution in [0, 0.1) is 17.2 Å². The van der Waals surface area contributed by atoms with Gasteiger partial charge in [-0.2, -0.15) is 5.26 Å². The quantitative estimate of drug-likeness (QED) is 0.679. The summed E-state index contributed by atoms with van der Waals surface area (Å²) in [6.07, 6.45) is 7.73. The van der Waals surface area contributed by atoms with Crippen LogP contribution in [0.1, 0.15) is 45.1 Å². The van der Waals surface area contributed by atoms with E-state index in [1.165, 1.54) is 32.5 Å². The van der Waals surface area contributed by atoms with E-state index < -0.39 is 0 Å². The number of piperidine rings is 2. The van der Waals surface area contributed by atoms with Gasteiger partial charge in [0.15, 0.2) is 0 Å². The molecular weight excluding hydrogens is 398 g/mol. The van der Waals surface area contributed by atoms with Crippen LogP contribution in [0.15, 0.2) is 36.5 Å². The molecule has 6 nitrogen and oxygen atoms in total. The predicted molar refractivity (Wildman–Crippen MR) is 131 cm³/mol. The lowest BCUT2D eigenvalue weighted by Crippen LogP contribution is -2.41. The number of fused-ring (bicyclic) bond motifs is 1. The summed E-state index contributed by atoms with van der Waals surface area (Å²) in [5.41, 5.74) is 1.41. The van der Waals surface area contributed by atoms with E-state index in [0.29, 0.717) is 11.6 Å². The maximum Gasteiger partial charge on any atom is 0.209 e. The molecule has 2 aliphatic rings. The average molecular weight is 438 g/mol. The maximum atomic E-state index is 10.3. The van der Waals surface area contributed by atoms with E-state index in [0.717, 1.165) is 49.2 Å². The molecule has 3 heterocycles. The molecule has 2 fully saturated rings. The van der Waals surface area contributed by atoms with Crippen molar-refractivity contribution in [1.82, 2.24) is 19.7 Å². The number of likely N-dealkylation sites (tertiary alicyclic amines) is 2. The lowest BCUT2D eigenvalue weighted by molar-refractivity contribution is -0.119. The van der Waals surface area contributed by atoms with Crippen molar-refractivity contribution in [3.63, 3.8) is 0 Å². The van der Waals surface area contributed by atoms with Gasteiger partial charge in [-0.15, -0.1) is 0 Å². The van der Waals surface area contributed by atoms with Gasteiger partial charge < -0.3 is 14.7 Å². The number of aromatic nitrogens is 1. The van der Waals surface area contributed by atoms with Crippen LogP contribution in [-0.4, -0.2) is 79.0 Å². The Morgan fingerprint density at radius 1 is 1.16 bits per heavy atom. The van der Waals surface area contributed by atoms with E-state index in [1.54, 1.807) is 12.3 Å². The van der Waals surface area contributed by atoms with Gasteiger partial charge in [0.1, 0.15) is 6.07 Å². The van der Waals surface area contributed by atoms with Crippen molar-refractivity contribution in [2.75, 3.05) is 46.8 Å². The first-order valence-corrected chi connectivity index (χ1v) is 11.8. The normalized spacial score (nSPS) is 19.4. The molecule has 1 amide bonds. The predicted octanol–water partition coefficient (Wildman–Crippen LogP) is 4.01. The Morgan fingerprint density at radius 3 is 2.44 bits per heavy atom. The zero-order valence-corrected chi connectivity index (χ0v) is 20.2. The molecule has 2 aliphatic heterocycles. The molecule has 4 rings (SSSR count). The third-order valence-corrected chi connectivity index (χ3v) is 6.32. The Kier molecular flexibility index (Phi) is 11.1. The van der Waals surface area contributed by atoms with Gasteiger partial charge in [0, 0.05) is 37.3 Å². The van der Waals surface area contributed by atoms with Gasteiger partial charge in [-0.25, -0.2) is 0 Å². The minimum atomic E-state index is 0.633. The number of rotatable bonds is 3. The molecule has 6 heteroatoms. The van der Waals surface area contributed by atoms with Crippen LogP contribution < -0.4 is 0 Å². The number of nitriles is 1. The topological polar surface area (TPSA) is 63.5 Å². The minimum Gasteiger partial charge on any atom is -0.345 e. The van der Waals surface area contributed by atoms with Crippen LogP contribution in [0.3, 0.4) is 0 Å². The van der Waals surface area contributed by atoms with Crippen LogP contribution in [0.5, 0.6) is 0 Å². The Balaban J connectivity index is 0.000000172. The monoisotopic (exact) mass is 437 g/mol. The number of hydrogen-bond acceptors (Lipinski definition) is 5. The van der Waals surface area contributed by atoms with E-state index in [2.05, 4.69) is 48.8 Å². The SMILES string of the molecule is CCN1CCCC(C)C1.CN(C)C1CCN(C=O)CC1.N#Cc1cccc2cccnc12. The number of amides is 1. The molecule has 174 valence electrons. The maximum absolute atomic E-state index is 10.3. The van der Waals surface area contributed by atoms with E-state index in [4.69, 9.17) is 5.26 Å². The first-order valence-electron chi connectivity index (χ1n) is 11.8. The zero-order valence-electron chi connectivity index (χ0n) is 20.2. The van der Waals surface area contributed by atoms with Crippen molar-refractivity contribution < 1.29 is 4.79 Å². The fraction of sp³-hybridized carbons (Fsp3) is 0.577. The summed E-state index contributed by atoms with van der Waals surface area (Å²) in [6, 6.07) is 12.2. The Labute approximate surface area is 193 Å². The van der Waals surface area contributed by atoms with Gasteiger partial charge in [-0.1, -0.05) is 32.0 Å². The first kappa shape index (κ1) is 25.8. The molecule has 1 atom stereocenters. The number of hydrogen-bond donors (Lipinski definition) is 0. The fourth-order valence-electron chi connectivity index (χ4n) is 4.28. The van der Waals surface area contributed by atoms with Crippen molar-refractivity contribution in [2.45, 2.75) is 45.6 Å². The standard InChI is InChI=1S/C10H6N2.C8H16N2O.C8H17N/c11-7-9-4-1-3-8-5-2-6-12-10(8)9;1-9(2)8-3-5-10(7-11)6-4-8;1-3-9-6-4-5-8(2)7-9/h1-6H;7-8H,3-6H2,1-2H3;8H,3-7H2,1-2H3. The van der Waals surface area contributed by atoms with E-state index in [9.17, 15) is 4.79 Å². The van der Waals surface area contributed by atoms with Crippen LogP contribution >= 0.6 is 0 Å². The second-order valence-corrected chi connectivity index (χ2v) is 8.97. The summed E-state index contributed by atoms with van der Waals surface area (Å²) in [7, 11) is 4.20. The van der Waals surface area contributed by atoms with Gasteiger partial charge in [-0.3, -0.25) is 9.78 Å². The molecular formula is C26H39N5O. The van der Waals surface area contributed by atoms with Gasteiger partial charge in [0.05, 0.1) is 11.1 Å². The molecule has 1 aromatic heterocycles. The molecule has 2 saturated heterocycles. The van der Waals surface area contributed by atoms with Crippen molar-refractivity contribution in [3.8, 4) is 6.07 Å². The van der Waals surface area contributed by atoms with Gasteiger partial charge in [0.25, 0.3) is 0 Å². The number of pyridine rings is 1. The molecule has 0 N–H and O–H groups in total. The van der Waals surface area contributed by atoms with Crippen LogP contribution in [0.25, 0.3) is 10.9 Å². The van der Waals surface area contributed by atoms with Crippen LogP contribution in [0.2, 0.25) is 0 Å². The van der Waals surface area contributed by atoms with Crippen molar-refractivity contribution in [3.05, 3.63) is 42.1 Å². The third kappa shape index (κ3) is 8.22. The molecule has 32 heavy (non-hydrogen) atoms. The van der Waals surface area contributed by atoms with E-state index >= 15 is 0 Å². The van der Waals surface area contributed by atoms with Gasteiger partial charge in [-0.05, 0) is 70.9 Å². The number of benzene rings is 1. The summed E-state index contributed by atoms with van der Waals surface area (Å²) in [6.45, 7) is 10.3. The summed E-state index contributed by atoms with van der Waals surface area (Å²) in [4.78, 5) is 21.1. The average Bonchev–Trinajstić information content (AvgIpc) is 2.84. The second kappa shape index (κ2) is 13.8. The highest BCUT2D eigenvalue weighted by Gasteiger charge is 2.18. The summed E-state index contributed by atoms with van der Waals surface area (Å²) in [5, 5.41) is 9.76. The number of carbonyl (C=O) groups excluding carboxylic acids is 1. The third-order valence-electron chi connectivity index (χ3n) is 6.32. The highest BCUT2D eigenvalue weighted by Crippen LogP contribution is 2.15. The lowest BCUT2D eigenvalue weighted by atomic mass is 10.0. The van der Waals surface area contributed by atoms with Crippen molar-refractivity contribution in [2.24, 2.45) is 5.92 Å². The summed E-state index contributed by atoms with van der Waals surface area (Å²) in [5.74, 6) is 0.943. The second-order valence-electron chi connectivity index (χ2n) is 8.97. The fourth-order valence-corrected chi connectivity index (χ4v) is 4.28. The molecule has 0 bridgehead atoms. The summed E-state index contributed by atoms with van der Waals surface area (Å²) >= 11 is 0. The smallest absolute Gasteiger partial charge is 0.209 e. The Morgan fingerprint density at radius 2 is 1.88 bits per heavy atom. The largest absolute Gasteiger partial charge is 0.345 e. The number of carbonyl (C=O) groups is 1. The van der Waals surface area contributed by atoms with Gasteiger partial charge in [0.2, 0.25) is 6.41 Å². The van der Waals surface area contributed by atoms with Crippen molar-refractivity contribution >= 4 is 17.3 Å². The molecule has 1 unspecified atom stereocenters. The molecule has 0 aliphatic carbocycles. The molecule has 0 radical (unpaired) electrons. The zero-order chi connectivity index (χ0) is 23.3. The molecule has 0 saturated carbocycles. The van der Waals surface area contributed by atoms with Crippen molar-refractivity contribution in [1.29, 1.82) is 5.26 Å². The van der Waals surface area contributed by atoms with Crippen LogP contribution in [-0.2, 0) is 4.79 Å². The highest BCUT2D eigenvalue weighted by atomic mass is 16.1.